The maximum absolute atomic E-state index is 13.8. The number of aliphatic carboxylic acids is 1. The first kappa shape index (κ1) is 20.4. The molecule has 2 heterocycles. The Kier molecular flexibility index (Phi) is 5.58. The van der Waals surface area contributed by atoms with Gasteiger partial charge in [-0.25, -0.2) is 14.2 Å². The van der Waals surface area contributed by atoms with Gasteiger partial charge in [0, 0.05) is 35.1 Å². The van der Waals surface area contributed by atoms with Crippen LogP contribution in [-0.4, -0.2) is 16.1 Å². The summed E-state index contributed by atoms with van der Waals surface area (Å²) in [5, 5.41) is 9.14. The van der Waals surface area contributed by atoms with Gasteiger partial charge in [0.05, 0.1) is 0 Å². The van der Waals surface area contributed by atoms with Gasteiger partial charge in [0.15, 0.2) is 5.69 Å². The Morgan fingerprint density at radius 2 is 2.03 bits per heavy atom. The number of hydrogen-bond donors (Lipinski definition) is 1. The van der Waals surface area contributed by atoms with Crippen LogP contribution in [0.3, 0.4) is 0 Å². The van der Waals surface area contributed by atoms with Gasteiger partial charge < -0.3 is 14.3 Å². The minimum absolute atomic E-state index is 0.264. The summed E-state index contributed by atoms with van der Waals surface area (Å²) < 4.78 is 64.6. The number of pyridine rings is 1. The molecule has 3 aromatic rings. The van der Waals surface area contributed by atoms with Crippen molar-refractivity contribution in [2.45, 2.75) is 26.1 Å². The second-order valence-electron chi connectivity index (χ2n) is 6.09. The number of ether oxygens (including phenoxy) is 1. The van der Waals surface area contributed by atoms with Crippen LogP contribution < -0.4 is 4.74 Å². The highest BCUT2D eigenvalue weighted by Gasteiger charge is 2.35. The van der Waals surface area contributed by atoms with Crippen molar-refractivity contribution < 1.29 is 36.6 Å². The molecule has 0 aliphatic carbocycles. The minimum atomic E-state index is -4.82. The van der Waals surface area contributed by atoms with Gasteiger partial charge in [-0.1, -0.05) is 6.92 Å². The average molecular weight is 409 g/mol. The predicted molar refractivity (Wildman–Crippen MR) is 95.8 cm³/mol. The first-order valence-electron chi connectivity index (χ1n) is 8.50. The molecule has 2 aromatic heterocycles. The molecule has 0 saturated carbocycles. The van der Waals surface area contributed by atoms with Gasteiger partial charge in [0.2, 0.25) is 5.88 Å². The van der Waals surface area contributed by atoms with E-state index >= 15 is 0 Å². The first-order valence-corrected chi connectivity index (χ1v) is 8.50. The SMILES string of the molecule is CCc1cc2cc(F)cc(COc3ccc(C=CC(=O)O)c(C(F)(F)F)n3)c2o1. The zero-order valence-corrected chi connectivity index (χ0v) is 15.1. The summed E-state index contributed by atoms with van der Waals surface area (Å²) >= 11 is 0. The molecule has 0 bridgehead atoms. The fraction of sp³-hybridized carbons (Fsp3) is 0.200. The molecule has 9 heteroatoms. The van der Waals surface area contributed by atoms with Crippen molar-refractivity contribution >= 4 is 23.0 Å². The van der Waals surface area contributed by atoms with Crippen molar-refractivity contribution in [1.29, 1.82) is 0 Å². The molecule has 0 atom stereocenters. The highest BCUT2D eigenvalue weighted by Crippen LogP contribution is 2.33. The van der Waals surface area contributed by atoms with Crippen molar-refractivity contribution in [3.8, 4) is 5.88 Å². The third-order valence-corrected chi connectivity index (χ3v) is 4.01. The van der Waals surface area contributed by atoms with Crippen LogP contribution in [0.2, 0.25) is 0 Å². The van der Waals surface area contributed by atoms with Gasteiger partial charge in [-0.05, 0) is 30.3 Å². The number of rotatable bonds is 6. The van der Waals surface area contributed by atoms with Crippen LogP contribution in [0.5, 0.6) is 5.88 Å². The number of fused-ring (bicyclic) bond motifs is 1. The number of carbonyl (C=O) groups is 1. The molecule has 0 spiro atoms. The molecule has 5 nitrogen and oxygen atoms in total. The van der Waals surface area contributed by atoms with Gasteiger partial charge in [-0.2, -0.15) is 13.2 Å². The Hall–Kier alpha value is -3.36. The van der Waals surface area contributed by atoms with Crippen LogP contribution in [0.15, 0.2) is 40.8 Å². The van der Waals surface area contributed by atoms with Crippen LogP contribution in [0.1, 0.15) is 29.5 Å². The van der Waals surface area contributed by atoms with E-state index in [9.17, 15) is 22.4 Å². The molecule has 1 N–H and O–H groups in total. The third-order valence-electron chi connectivity index (χ3n) is 4.01. The molecule has 0 aliphatic rings. The number of alkyl halides is 3. The topological polar surface area (TPSA) is 72.6 Å². The normalized spacial score (nSPS) is 12.0. The minimum Gasteiger partial charge on any atom is -0.478 e. The lowest BCUT2D eigenvalue weighted by Gasteiger charge is -2.12. The average Bonchev–Trinajstić information content (AvgIpc) is 3.07. The van der Waals surface area contributed by atoms with Crippen molar-refractivity contribution in [1.82, 2.24) is 4.98 Å². The van der Waals surface area contributed by atoms with E-state index in [1.807, 2.05) is 6.92 Å². The van der Waals surface area contributed by atoms with Crippen LogP contribution in [0, 0.1) is 5.82 Å². The summed E-state index contributed by atoms with van der Waals surface area (Å²) in [6, 6.07) is 6.39. The highest BCUT2D eigenvalue weighted by atomic mass is 19.4. The number of halogens is 4. The fourth-order valence-corrected chi connectivity index (χ4v) is 2.73. The third kappa shape index (κ3) is 4.74. The van der Waals surface area contributed by atoms with Crippen LogP contribution in [-0.2, 0) is 24.0 Å². The van der Waals surface area contributed by atoms with Crippen molar-refractivity contribution in [3.05, 3.63) is 64.8 Å². The second kappa shape index (κ2) is 7.94. The van der Waals surface area contributed by atoms with Crippen molar-refractivity contribution in [2.24, 2.45) is 0 Å². The van der Waals surface area contributed by atoms with E-state index in [0.717, 1.165) is 12.1 Å². The Balaban J connectivity index is 1.90. The Labute approximate surface area is 162 Å². The molecule has 0 aliphatic heterocycles. The van der Waals surface area contributed by atoms with E-state index in [2.05, 4.69) is 4.98 Å². The van der Waals surface area contributed by atoms with Gasteiger partial charge >= 0.3 is 12.1 Å². The largest absolute Gasteiger partial charge is 0.478 e. The molecular weight excluding hydrogens is 394 g/mol. The van der Waals surface area contributed by atoms with Gasteiger partial charge in [-0.3, -0.25) is 0 Å². The molecule has 0 unspecified atom stereocenters. The standard InChI is InChI=1S/C20H15F4NO4/c1-2-15-9-12-7-14(21)8-13(18(12)29-15)10-28-16-5-3-11(4-6-17(26)27)19(25-16)20(22,23)24/h3-9H,2,10H2,1H3,(H,26,27). The fourth-order valence-electron chi connectivity index (χ4n) is 2.73. The molecular formula is C20H15F4NO4. The summed E-state index contributed by atoms with van der Waals surface area (Å²) in [6.07, 6.45) is -2.84. The predicted octanol–water partition coefficient (Wildman–Crippen LogP) is 5.22. The van der Waals surface area contributed by atoms with Gasteiger partial charge in [0.1, 0.15) is 23.8 Å². The summed E-state index contributed by atoms with van der Waals surface area (Å²) in [5.74, 6) is -1.63. The Morgan fingerprint density at radius 1 is 1.28 bits per heavy atom. The zero-order valence-electron chi connectivity index (χ0n) is 15.1. The Morgan fingerprint density at radius 3 is 2.69 bits per heavy atom. The summed E-state index contributed by atoms with van der Waals surface area (Å²) in [7, 11) is 0. The van der Waals surface area contributed by atoms with E-state index in [4.69, 9.17) is 14.3 Å². The lowest BCUT2D eigenvalue weighted by molar-refractivity contribution is -0.141. The monoisotopic (exact) mass is 409 g/mol. The van der Waals surface area contributed by atoms with Gasteiger partial charge in [0.25, 0.3) is 0 Å². The summed E-state index contributed by atoms with van der Waals surface area (Å²) in [4.78, 5) is 14.0. The summed E-state index contributed by atoms with van der Waals surface area (Å²) in [5.41, 5.74) is -0.993. The van der Waals surface area contributed by atoms with Crippen molar-refractivity contribution in [2.75, 3.05) is 0 Å². The first-order chi connectivity index (χ1) is 13.7. The van der Waals surface area contributed by atoms with E-state index < -0.39 is 29.2 Å². The van der Waals surface area contributed by atoms with E-state index in [1.165, 1.54) is 18.2 Å². The maximum Gasteiger partial charge on any atom is 0.434 e. The molecule has 1 aromatic carbocycles. The van der Waals surface area contributed by atoms with E-state index in [1.54, 1.807) is 6.07 Å². The zero-order chi connectivity index (χ0) is 21.2. The lowest BCUT2D eigenvalue weighted by Crippen LogP contribution is -2.11. The maximum atomic E-state index is 13.8. The van der Waals surface area contributed by atoms with Crippen LogP contribution >= 0.6 is 0 Å². The molecule has 3 rings (SSSR count). The number of aryl methyl sites for hydroxylation is 1. The van der Waals surface area contributed by atoms with Crippen molar-refractivity contribution in [3.63, 3.8) is 0 Å². The molecule has 0 radical (unpaired) electrons. The summed E-state index contributed by atoms with van der Waals surface area (Å²) in [6.45, 7) is 1.60. The van der Waals surface area contributed by atoms with E-state index in [0.29, 0.717) is 34.8 Å². The molecule has 152 valence electrons. The smallest absolute Gasteiger partial charge is 0.434 e. The van der Waals surface area contributed by atoms with Gasteiger partial charge in [-0.15, -0.1) is 0 Å². The number of carboxylic acid groups (broad SMARTS) is 1. The number of nitrogens with zero attached hydrogens (tertiary/aromatic N) is 1. The molecule has 0 fully saturated rings. The second-order valence-corrected chi connectivity index (χ2v) is 6.09. The number of carboxylic acids is 1. The number of benzene rings is 1. The number of hydrogen-bond acceptors (Lipinski definition) is 4. The quantitative estimate of drug-likeness (QED) is 0.446. The van der Waals surface area contributed by atoms with Crippen LogP contribution in [0.4, 0.5) is 17.6 Å². The molecule has 29 heavy (non-hydrogen) atoms. The van der Waals surface area contributed by atoms with E-state index in [-0.39, 0.29) is 12.5 Å². The lowest BCUT2D eigenvalue weighted by atomic mass is 10.1. The molecule has 0 amide bonds. The number of aromatic nitrogens is 1. The van der Waals surface area contributed by atoms with Crippen LogP contribution in [0.25, 0.3) is 17.0 Å². The highest BCUT2D eigenvalue weighted by molar-refractivity contribution is 5.85. The number of furan rings is 1. The Bertz CT molecular complexity index is 1090. The molecule has 0 saturated heterocycles.